The normalized spacial score (nSPS) is 18.8. The number of rotatable bonds is 7. The molecule has 0 bridgehead atoms. The Morgan fingerprint density at radius 3 is 2.56 bits per heavy atom. The number of nitrogens with two attached hydrogens (primary N) is 1. The molecule has 1 unspecified atom stereocenters. The van der Waals surface area contributed by atoms with Gasteiger partial charge in [0.05, 0.1) is 16.3 Å². The standard InChI is InChI=1S/C14H22FN3O4S2.ClH/c1-2-8-23(19,20)17-14-6-5-12(9-13(14)15)24(21,22)18-7-3-4-11(18)10-16;/h5-6,9,11,17H,2-4,7-8,10,16H2,1H3;1H. The molecule has 2 rings (SSSR count). The number of halogens is 2. The monoisotopic (exact) mass is 415 g/mol. The molecule has 0 aromatic heterocycles. The van der Waals surface area contributed by atoms with Crippen molar-refractivity contribution >= 4 is 38.1 Å². The maximum absolute atomic E-state index is 14.2. The Morgan fingerprint density at radius 1 is 1.32 bits per heavy atom. The number of hydrogen-bond acceptors (Lipinski definition) is 5. The number of nitrogens with zero attached hydrogens (tertiary/aromatic N) is 1. The lowest BCUT2D eigenvalue weighted by Gasteiger charge is -2.23. The Hall–Kier alpha value is -0.940. The van der Waals surface area contributed by atoms with Crippen LogP contribution in [0.2, 0.25) is 0 Å². The van der Waals surface area contributed by atoms with Crippen LogP contribution in [-0.4, -0.2) is 46.0 Å². The molecule has 1 aromatic rings. The van der Waals surface area contributed by atoms with Gasteiger partial charge in [-0.25, -0.2) is 21.2 Å². The molecule has 0 amide bonds. The SMILES string of the molecule is CCCS(=O)(=O)Nc1ccc(S(=O)(=O)N2CCCC2CN)cc1F.Cl. The molecular weight excluding hydrogens is 393 g/mol. The van der Waals surface area contributed by atoms with Gasteiger partial charge < -0.3 is 5.73 Å². The minimum atomic E-state index is -3.86. The number of nitrogens with one attached hydrogen (secondary N) is 1. The second kappa shape index (κ2) is 8.63. The second-order valence-corrected chi connectivity index (χ2v) is 9.44. The smallest absolute Gasteiger partial charge is 0.243 e. The fourth-order valence-electron chi connectivity index (χ4n) is 2.72. The molecule has 1 atom stereocenters. The first-order chi connectivity index (χ1) is 11.2. The maximum Gasteiger partial charge on any atom is 0.243 e. The summed E-state index contributed by atoms with van der Waals surface area (Å²) < 4.78 is 66.2. The third-order valence-corrected chi connectivity index (χ3v) is 7.31. The van der Waals surface area contributed by atoms with E-state index in [1.807, 2.05) is 0 Å². The molecule has 0 radical (unpaired) electrons. The van der Waals surface area contributed by atoms with E-state index in [0.717, 1.165) is 12.1 Å². The molecule has 1 heterocycles. The summed E-state index contributed by atoms with van der Waals surface area (Å²) in [6.45, 7) is 2.24. The van der Waals surface area contributed by atoms with Crippen molar-refractivity contribution in [2.75, 3.05) is 23.6 Å². The van der Waals surface area contributed by atoms with Gasteiger partial charge in [-0.2, -0.15) is 4.31 Å². The van der Waals surface area contributed by atoms with Crippen molar-refractivity contribution in [1.29, 1.82) is 0 Å². The van der Waals surface area contributed by atoms with Gasteiger partial charge in [0, 0.05) is 19.1 Å². The largest absolute Gasteiger partial charge is 0.329 e. The lowest BCUT2D eigenvalue weighted by molar-refractivity contribution is 0.393. The Labute approximate surface area is 154 Å². The Kier molecular flexibility index (Phi) is 7.63. The number of hydrogen-bond donors (Lipinski definition) is 2. The molecule has 3 N–H and O–H groups in total. The van der Waals surface area contributed by atoms with E-state index >= 15 is 0 Å². The first-order valence-corrected chi connectivity index (χ1v) is 10.8. The van der Waals surface area contributed by atoms with E-state index < -0.39 is 25.9 Å². The summed E-state index contributed by atoms with van der Waals surface area (Å²) in [7, 11) is -7.51. The fourth-order valence-corrected chi connectivity index (χ4v) is 5.58. The van der Waals surface area contributed by atoms with Crippen LogP contribution < -0.4 is 10.5 Å². The Morgan fingerprint density at radius 2 is 2.00 bits per heavy atom. The van der Waals surface area contributed by atoms with Crippen molar-refractivity contribution in [2.45, 2.75) is 37.1 Å². The third-order valence-electron chi connectivity index (χ3n) is 3.88. The maximum atomic E-state index is 14.2. The topological polar surface area (TPSA) is 110 Å². The van der Waals surface area contributed by atoms with Gasteiger partial charge in [0.15, 0.2) is 0 Å². The number of benzene rings is 1. The molecule has 0 spiro atoms. The van der Waals surface area contributed by atoms with Gasteiger partial charge in [-0.15, -0.1) is 12.4 Å². The van der Waals surface area contributed by atoms with Gasteiger partial charge in [0.25, 0.3) is 0 Å². The molecule has 1 aliphatic heterocycles. The fraction of sp³-hybridized carbons (Fsp3) is 0.571. The molecule has 11 heteroatoms. The zero-order chi connectivity index (χ0) is 18.0. The summed E-state index contributed by atoms with van der Waals surface area (Å²) in [5, 5.41) is 0. The summed E-state index contributed by atoms with van der Waals surface area (Å²) in [6.07, 6.45) is 1.77. The van der Waals surface area contributed by atoms with Crippen molar-refractivity contribution in [3.8, 4) is 0 Å². The molecule has 1 aromatic carbocycles. The average molecular weight is 416 g/mol. The van der Waals surface area contributed by atoms with Crippen LogP contribution in [0.15, 0.2) is 23.1 Å². The van der Waals surface area contributed by atoms with Crippen LogP contribution in [0.4, 0.5) is 10.1 Å². The number of anilines is 1. The highest BCUT2D eigenvalue weighted by Crippen LogP contribution is 2.28. The highest BCUT2D eigenvalue weighted by atomic mass is 35.5. The highest BCUT2D eigenvalue weighted by molar-refractivity contribution is 7.92. The summed E-state index contributed by atoms with van der Waals surface area (Å²) in [6, 6.07) is 2.88. The summed E-state index contributed by atoms with van der Waals surface area (Å²) in [5.74, 6) is -1.07. The van der Waals surface area contributed by atoms with Crippen molar-refractivity contribution in [3.63, 3.8) is 0 Å². The van der Waals surface area contributed by atoms with Crippen LogP contribution in [0.25, 0.3) is 0 Å². The molecule has 144 valence electrons. The first-order valence-electron chi connectivity index (χ1n) is 7.73. The van der Waals surface area contributed by atoms with Gasteiger partial charge >= 0.3 is 0 Å². The molecule has 1 fully saturated rings. The Bertz CT molecular complexity index is 802. The lowest BCUT2D eigenvalue weighted by atomic mass is 10.2. The minimum absolute atomic E-state index is 0. The van der Waals surface area contributed by atoms with E-state index in [-0.39, 0.29) is 41.3 Å². The molecule has 1 saturated heterocycles. The second-order valence-electron chi connectivity index (χ2n) is 5.71. The van der Waals surface area contributed by atoms with Gasteiger partial charge in [-0.05, 0) is 37.5 Å². The first kappa shape index (κ1) is 22.1. The van der Waals surface area contributed by atoms with E-state index in [0.29, 0.717) is 25.8 Å². The average Bonchev–Trinajstić information content (AvgIpc) is 2.98. The van der Waals surface area contributed by atoms with Gasteiger partial charge in [-0.3, -0.25) is 4.72 Å². The molecule has 1 aliphatic rings. The molecule has 25 heavy (non-hydrogen) atoms. The van der Waals surface area contributed by atoms with Crippen LogP contribution in [0.5, 0.6) is 0 Å². The number of sulfonamides is 2. The van der Waals surface area contributed by atoms with Crippen molar-refractivity contribution in [2.24, 2.45) is 5.73 Å². The highest BCUT2D eigenvalue weighted by Gasteiger charge is 2.34. The minimum Gasteiger partial charge on any atom is -0.329 e. The van der Waals surface area contributed by atoms with Gasteiger partial charge in [0.1, 0.15) is 5.82 Å². The molecule has 7 nitrogen and oxygen atoms in total. The van der Waals surface area contributed by atoms with E-state index in [1.165, 1.54) is 10.4 Å². The zero-order valence-electron chi connectivity index (χ0n) is 13.8. The molecule has 0 saturated carbocycles. The van der Waals surface area contributed by atoms with Gasteiger partial charge in [-0.1, -0.05) is 6.92 Å². The van der Waals surface area contributed by atoms with Crippen molar-refractivity contribution in [1.82, 2.24) is 4.31 Å². The van der Waals surface area contributed by atoms with Crippen LogP contribution >= 0.6 is 12.4 Å². The van der Waals surface area contributed by atoms with Crippen LogP contribution in [0.3, 0.4) is 0 Å². The Balaban J connectivity index is 0.00000312. The summed E-state index contributed by atoms with van der Waals surface area (Å²) in [5.41, 5.74) is 5.33. The van der Waals surface area contributed by atoms with Crippen LogP contribution in [0, 0.1) is 5.82 Å². The van der Waals surface area contributed by atoms with Crippen molar-refractivity contribution in [3.05, 3.63) is 24.0 Å². The predicted octanol–water partition coefficient (Wildman–Crippen LogP) is 1.51. The summed E-state index contributed by atoms with van der Waals surface area (Å²) in [4.78, 5) is -0.209. The van der Waals surface area contributed by atoms with E-state index in [9.17, 15) is 21.2 Å². The van der Waals surface area contributed by atoms with E-state index in [4.69, 9.17) is 5.73 Å². The van der Waals surface area contributed by atoms with Gasteiger partial charge in [0.2, 0.25) is 20.0 Å². The van der Waals surface area contributed by atoms with E-state index in [1.54, 1.807) is 6.92 Å². The quantitative estimate of drug-likeness (QED) is 0.701. The van der Waals surface area contributed by atoms with Crippen LogP contribution in [0.1, 0.15) is 26.2 Å². The molecular formula is C14H23ClFN3O4S2. The van der Waals surface area contributed by atoms with E-state index in [2.05, 4.69) is 4.72 Å². The van der Waals surface area contributed by atoms with Crippen LogP contribution in [-0.2, 0) is 20.0 Å². The third kappa shape index (κ3) is 5.04. The summed E-state index contributed by atoms with van der Waals surface area (Å²) >= 11 is 0. The molecule has 0 aliphatic carbocycles. The van der Waals surface area contributed by atoms with Crippen molar-refractivity contribution < 1.29 is 21.2 Å². The predicted molar refractivity (Wildman–Crippen MR) is 97.3 cm³/mol. The lowest BCUT2D eigenvalue weighted by Crippen LogP contribution is -2.39. The zero-order valence-corrected chi connectivity index (χ0v) is 16.3.